The van der Waals surface area contributed by atoms with Crippen molar-refractivity contribution in [2.45, 2.75) is 56.3 Å². The van der Waals surface area contributed by atoms with Crippen LogP contribution in [-0.4, -0.2) is 62.6 Å². The lowest BCUT2D eigenvalue weighted by molar-refractivity contribution is -0.159. The third-order valence-electron chi connectivity index (χ3n) is 9.86. The summed E-state index contributed by atoms with van der Waals surface area (Å²) in [5, 5.41) is 0. The predicted octanol–water partition coefficient (Wildman–Crippen LogP) is 5.35. The van der Waals surface area contributed by atoms with Gasteiger partial charge in [0.2, 0.25) is 6.79 Å². The number of hydrogen-bond donors (Lipinski definition) is 0. The number of nitrogens with zero attached hydrogens (tertiary/aromatic N) is 1. The summed E-state index contributed by atoms with van der Waals surface area (Å²) in [5.74, 6) is 0.751. The lowest BCUT2D eigenvalue weighted by Gasteiger charge is -2.39. The summed E-state index contributed by atoms with van der Waals surface area (Å²) >= 11 is 0. The Balaban J connectivity index is 1.19. The fourth-order valence-corrected chi connectivity index (χ4v) is 7.65. The third-order valence-corrected chi connectivity index (χ3v) is 9.86. The highest BCUT2D eigenvalue weighted by molar-refractivity contribution is 5.80. The van der Waals surface area contributed by atoms with Crippen LogP contribution < -0.4 is 14.2 Å². The van der Waals surface area contributed by atoms with Gasteiger partial charge in [0, 0.05) is 6.54 Å². The minimum atomic E-state index is -0.801. The van der Waals surface area contributed by atoms with Gasteiger partial charge in [-0.25, -0.2) is 0 Å². The zero-order valence-electron chi connectivity index (χ0n) is 26.2. The van der Waals surface area contributed by atoms with Crippen molar-refractivity contribution in [3.63, 3.8) is 0 Å². The molecule has 1 spiro atoms. The first-order chi connectivity index (χ1) is 22.5. The first-order valence-electron chi connectivity index (χ1n) is 15.9. The number of methoxy groups -OCH3 is 2. The van der Waals surface area contributed by atoms with Gasteiger partial charge in [-0.2, -0.15) is 0 Å². The molecule has 3 heterocycles. The van der Waals surface area contributed by atoms with E-state index >= 15 is 0 Å². The van der Waals surface area contributed by atoms with Crippen molar-refractivity contribution < 1.29 is 38.0 Å². The van der Waals surface area contributed by atoms with E-state index in [1.807, 2.05) is 54.6 Å². The summed E-state index contributed by atoms with van der Waals surface area (Å²) in [7, 11) is 2.95. The van der Waals surface area contributed by atoms with Gasteiger partial charge in [-0.3, -0.25) is 14.5 Å². The summed E-state index contributed by atoms with van der Waals surface area (Å²) in [6.45, 7) is 2.40. The van der Waals surface area contributed by atoms with Crippen LogP contribution in [0.15, 0.2) is 78.6 Å². The molecule has 0 amide bonds. The maximum atomic E-state index is 14.2. The maximum absolute atomic E-state index is 14.2. The highest BCUT2D eigenvalue weighted by Gasteiger charge is 2.58. The van der Waals surface area contributed by atoms with E-state index in [2.05, 4.69) is 23.1 Å². The Morgan fingerprint density at radius 1 is 1.00 bits per heavy atom. The number of carbonyl (C=O) groups is 2. The van der Waals surface area contributed by atoms with Crippen molar-refractivity contribution in [3.05, 3.63) is 101 Å². The minimum absolute atomic E-state index is 0.127. The average molecular weight is 626 g/mol. The Morgan fingerprint density at radius 2 is 1.78 bits per heavy atom. The second kappa shape index (κ2) is 12.7. The molecule has 9 nitrogen and oxygen atoms in total. The number of carbonyl (C=O) groups excluding carboxylic acids is 2. The molecule has 240 valence electrons. The number of esters is 2. The van der Waals surface area contributed by atoms with Crippen LogP contribution >= 0.6 is 0 Å². The Labute approximate surface area is 269 Å². The fraction of sp³-hybridized carbons (Fsp3) is 0.405. The number of fused-ring (bicyclic) bond motifs is 3. The highest BCUT2D eigenvalue weighted by atomic mass is 16.7. The molecule has 9 heteroatoms. The minimum Gasteiger partial charge on any atom is -0.497 e. The van der Waals surface area contributed by atoms with Crippen molar-refractivity contribution in [2.75, 3.05) is 34.1 Å². The van der Waals surface area contributed by atoms with Gasteiger partial charge >= 0.3 is 11.9 Å². The van der Waals surface area contributed by atoms with E-state index in [4.69, 9.17) is 28.4 Å². The summed E-state index contributed by atoms with van der Waals surface area (Å²) in [6.07, 6.45) is 4.42. The van der Waals surface area contributed by atoms with Crippen molar-refractivity contribution >= 4 is 11.9 Å². The number of ether oxygens (including phenoxy) is 6. The van der Waals surface area contributed by atoms with E-state index in [1.165, 1.54) is 7.11 Å². The third kappa shape index (κ3) is 5.57. The summed E-state index contributed by atoms with van der Waals surface area (Å²) in [5.41, 5.74) is 3.72. The van der Waals surface area contributed by atoms with E-state index in [9.17, 15) is 9.59 Å². The van der Waals surface area contributed by atoms with Gasteiger partial charge in [-0.15, -0.1) is 0 Å². The van der Waals surface area contributed by atoms with Crippen LogP contribution in [0, 0.1) is 5.92 Å². The lowest BCUT2D eigenvalue weighted by Crippen LogP contribution is -2.47. The topological polar surface area (TPSA) is 92.8 Å². The molecule has 3 aliphatic heterocycles. The number of para-hydroxylation sites is 1. The summed E-state index contributed by atoms with van der Waals surface area (Å²) in [4.78, 5) is 29.4. The van der Waals surface area contributed by atoms with Gasteiger partial charge in [0.25, 0.3) is 0 Å². The van der Waals surface area contributed by atoms with Crippen LogP contribution in [0.2, 0.25) is 0 Å². The molecule has 1 saturated heterocycles. The first-order valence-corrected chi connectivity index (χ1v) is 15.9. The second-order valence-corrected chi connectivity index (χ2v) is 12.4. The van der Waals surface area contributed by atoms with Crippen LogP contribution in [0.1, 0.15) is 47.4 Å². The Bertz CT molecular complexity index is 1640. The van der Waals surface area contributed by atoms with E-state index in [0.717, 1.165) is 60.4 Å². The van der Waals surface area contributed by atoms with Crippen LogP contribution in [0.3, 0.4) is 0 Å². The molecule has 1 aliphatic carbocycles. The molecule has 0 unspecified atom stereocenters. The predicted molar refractivity (Wildman–Crippen MR) is 169 cm³/mol. The smallest absolute Gasteiger partial charge is 0.310 e. The van der Waals surface area contributed by atoms with Gasteiger partial charge in [-0.05, 0) is 78.8 Å². The summed E-state index contributed by atoms with van der Waals surface area (Å²) in [6, 6.07) is 21.6. The average Bonchev–Trinajstić information content (AvgIpc) is 3.77. The van der Waals surface area contributed by atoms with Crippen LogP contribution in [-0.2, 0) is 43.2 Å². The molecule has 0 bridgehead atoms. The molecular formula is C37H39NO8. The van der Waals surface area contributed by atoms with Crippen LogP contribution in [0.5, 0.6) is 17.2 Å². The van der Waals surface area contributed by atoms with Gasteiger partial charge < -0.3 is 28.4 Å². The van der Waals surface area contributed by atoms with Crippen molar-refractivity contribution in [1.82, 2.24) is 4.90 Å². The number of rotatable bonds is 10. The normalized spacial score (nSPS) is 23.3. The SMILES string of the molecule is COC(=O)C[C@H](Cc1ccccc1OCc1ccccc1)C(=O)O[C@@H]1C(OC)=C[C@]23CCCN2CCc2cc4c(cc2[C@H]13)OCO4. The maximum Gasteiger partial charge on any atom is 0.310 e. The Hall–Kier alpha value is -4.50. The van der Waals surface area contributed by atoms with Crippen molar-refractivity contribution in [1.29, 1.82) is 0 Å². The van der Waals surface area contributed by atoms with Gasteiger partial charge in [-0.1, -0.05) is 48.5 Å². The number of hydrogen-bond acceptors (Lipinski definition) is 9. The zero-order chi connectivity index (χ0) is 31.7. The molecule has 7 rings (SSSR count). The molecule has 4 atom stereocenters. The van der Waals surface area contributed by atoms with E-state index in [0.29, 0.717) is 23.9 Å². The van der Waals surface area contributed by atoms with Gasteiger partial charge in [0.1, 0.15) is 18.1 Å². The van der Waals surface area contributed by atoms with Gasteiger partial charge in [0.05, 0.1) is 38.0 Å². The highest BCUT2D eigenvalue weighted by Crippen LogP contribution is 2.55. The molecule has 0 radical (unpaired) electrons. The molecule has 4 aliphatic rings. The molecule has 1 fully saturated rings. The molecule has 3 aromatic carbocycles. The standard InChI is InChI=1S/C37H39NO8/c1-41-32-21-37-14-8-15-38(37)16-13-25-18-30-31(45-23-44-30)20-28(25)34(37)35(32)46-36(40)27(19-33(39)42-2)17-26-11-6-7-12-29(26)43-22-24-9-4-3-5-10-24/h3-7,9-12,18,20-21,27,34-35H,8,13-17,19,22-23H2,1-2H3/t27-,34+,35+,37-/m0/s1. The van der Waals surface area contributed by atoms with Crippen LogP contribution in [0.4, 0.5) is 0 Å². The lowest BCUT2D eigenvalue weighted by atomic mass is 9.77. The zero-order valence-corrected chi connectivity index (χ0v) is 26.2. The quantitative estimate of drug-likeness (QED) is 0.277. The molecule has 46 heavy (non-hydrogen) atoms. The van der Waals surface area contributed by atoms with Crippen molar-refractivity contribution in [3.8, 4) is 17.2 Å². The summed E-state index contributed by atoms with van der Waals surface area (Å²) < 4.78 is 35.2. The first kappa shape index (κ1) is 30.2. The second-order valence-electron chi connectivity index (χ2n) is 12.4. The molecule has 0 saturated carbocycles. The molecular weight excluding hydrogens is 586 g/mol. The van der Waals surface area contributed by atoms with E-state index in [-0.39, 0.29) is 31.1 Å². The molecule has 0 N–H and O–H groups in total. The Kier molecular flexibility index (Phi) is 8.34. The van der Waals surface area contributed by atoms with E-state index < -0.39 is 24.0 Å². The van der Waals surface area contributed by atoms with Crippen LogP contribution in [0.25, 0.3) is 0 Å². The molecule has 0 aromatic heterocycles. The molecule has 3 aromatic rings. The Morgan fingerprint density at radius 3 is 2.59 bits per heavy atom. The fourth-order valence-electron chi connectivity index (χ4n) is 7.65. The van der Waals surface area contributed by atoms with E-state index in [1.54, 1.807) is 7.11 Å². The largest absolute Gasteiger partial charge is 0.497 e. The monoisotopic (exact) mass is 625 g/mol. The number of benzene rings is 3. The van der Waals surface area contributed by atoms with Gasteiger partial charge in [0.15, 0.2) is 17.6 Å². The van der Waals surface area contributed by atoms with Crippen molar-refractivity contribution in [2.24, 2.45) is 5.92 Å².